The number of rotatable bonds is 7. The van der Waals surface area contributed by atoms with E-state index in [1.807, 2.05) is 19.1 Å². The molecule has 1 N–H and O–H groups in total. The summed E-state index contributed by atoms with van der Waals surface area (Å²) in [6.45, 7) is 4.97. The smallest absolute Gasteiger partial charge is 0.180 e. The standard InChI is InChI=1S/C15H23NO2S/c1-3-11-19(17,18)14-8-6-5-7-13(14)16-12-15(4-2)9-10-15/h5-8,16H,3-4,9-12H2,1-2H3. The van der Waals surface area contributed by atoms with E-state index in [1.165, 1.54) is 12.8 Å². The molecule has 0 unspecified atom stereocenters. The Labute approximate surface area is 116 Å². The van der Waals surface area contributed by atoms with Crippen LogP contribution in [0.1, 0.15) is 39.5 Å². The van der Waals surface area contributed by atoms with Crippen LogP contribution >= 0.6 is 0 Å². The largest absolute Gasteiger partial charge is 0.383 e. The van der Waals surface area contributed by atoms with Crippen LogP contribution in [0.3, 0.4) is 0 Å². The zero-order chi connectivity index (χ0) is 13.9. The van der Waals surface area contributed by atoms with Gasteiger partial charge in [0.2, 0.25) is 0 Å². The molecule has 0 radical (unpaired) electrons. The molecule has 0 saturated heterocycles. The van der Waals surface area contributed by atoms with E-state index in [2.05, 4.69) is 12.2 Å². The predicted molar refractivity (Wildman–Crippen MR) is 79.2 cm³/mol. The third kappa shape index (κ3) is 3.30. The average Bonchev–Trinajstić information content (AvgIpc) is 3.17. The van der Waals surface area contributed by atoms with Gasteiger partial charge < -0.3 is 5.32 Å². The fourth-order valence-electron chi connectivity index (χ4n) is 2.38. The van der Waals surface area contributed by atoms with Crippen molar-refractivity contribution in [1.82, 2.24) is 0 Å². The van der Waals surface area contributed by atoms with E-state index in [1.54, 1.807) is 12.1 Å². The minimum atomic E-state index is -3.16. The van der Waals surface area contributed by atoms with Crippen LogP contribution in [0.15, 0.2) is 29.2 Å². The van der Waals surface area contributed by atoms with E-state index in [9.17, 15) is 8.42 Å². The molecule has 0 heterocycles. The van der Waals surface area contributed by atoms with Crippen molar-refractivity contribution in [2.24, 2.45) is 5.41 Å². The molecule has 1 aliphatic carbocycles. The zero-order valence-corrected chi connectivity index (χ0v) is 12.6. The van der Waals surface area contributed by atoms with Gasteiger partial charge in [0.05, 0.1) is 16.3 Å². The highest BCUT2D eigenvalue weighted by molar-refractivity contribution is 7.91. The summed E-state index contributed by atoms with van der Waals surface area (Å²) < 4.78 is 24.4. The van der Waals surface area contributed by atoms with Crippen LogP contribution < -0.4 is 5.32 Å². The summed E-state index contributed by atoms with van der Waals surface area (Å²) in [5, 5.41) is 3.35. The van der Waals surface area contributed by atoms with Gasteiger partial charge in [-0.25, -0.2) is 8.42 Å². The Morgan fingerprint density at radius 2 is 1.89 bits per heavy atom. The Morgan fingerprint density at radius 3 is 2.47 bits per heavy atom. The molecular formula is C15H23NO2S. The summed E-state index contributed by atoms with van der Waals surface area (Å²) in [4.78, 5) is 0.448. The molecule has 1 fully saturated rings. The van der Waals surface area contributed by atoms with E-state index >= 15 is 0 Å². The molecule has 0 aliphatic heterocycles. The maximum absolute atomic E-state index is 12.2. The number of anilines is 1. The Morgan fingerprint density at radius 1 is 1.21 bits per heavy atom. The van der Waals surface area contributed by atoms with Crippen LogP contribution in [0.2, 0.25) is 0 Å². The van der Waals surface area contributed by atoms with Crippen LogP contribution in [-0.4, -0.2) is 20.7 Å². The Hall–Kier alpha value is -1.03. The first-order valence-corrected chi connectivity index (χ1v) is 8.74. The van der Waals surface area contributed by atoms with Crippen molar-refractivity contribution in [3.05, 3.63) is 24.3 Å². The molecule has 1 saturated carbocycles. The third-order valence-electron chi connectivity index (χ3n) is 4.06. The second-order valence-electron chi connectivity index (χ2n) is 5.52. The third-order valence-corrected chi connectivity index (χ3v) is 6.03. The van der Waals surface area contributed by atoms with Crippen molar-refractivity contribution in [2.75, 3.05) is 17.6 Å². The molecule has 0 spiro atoms. The van der Waals surface area contributed by atoms with Gasteiger partial charge in [0, 0.05) is 6.54 Å². The van der Waals surface area contributed by atoms with Gasteiger partial charge in [-0.1, -0.05) is 26.0 Å². The van der Waals surface area contributed by atoms with E-state index < -0.39 is 9.84 Å². The Kier molecular flexibility index (Phi) is 4.19. The summed E-state index contributed by atoms with van der Waals surface area (Å²) in [5.74, 6) is 0.213. The van der Waals surface area contributed by atoms with E-state index in [0.717, 1.165) is 18.7 Å². The van der Waals surface area contributed by atoms with Gasteiger partial charge in [0.25, 0.3) is 0 Å². The number of hydrogen-bond acceptors (Lipinski definition) is 3. The molecule has 106 valence electrons. The Balaban J connectivity index is 2.17. The van der Waals surface area contributed by atoms with Gasteiger partial charge >= 0.3 is 0 Å². The highest BCUT2D eigenvalue weighted by Gasteiger charge is 2.40. The number of hydrogen-bond donors (Lipinski definition) is 1. The monoisotopic (exact) mass is 281 g/mol. The highest BCUT2D eigenvalue weighted by Crippen LogP contribution is 2.48. The molecule has 1 aliphatic rings. The number of para-hydroxylation sites is 1. The molecule has 0 amide bonds. The molecule has 1 aromatic carbocycles. The first-order valence-electron chi connectivity index (χ1n) is 7.09. The predicted octanol–water partition coefficient (Wildman–Crippen LogP) is 3.47. The van der Waals surface area contributed by atoms with Crippen molar-refractivity contribution in [3.8, 4) is 0 Å². The second kappa shape index (κ2) is 5.53. The maximum Gasteiger partial charge on any atom is 0.180 e. The summed E-state index contributed by atoms with van der Waals surface area (Å²) in [6.07, 6.45) is 4.31. The minimum Gasteiger partial charge on any atom is -0.383 e. The van der Waals surface area contributed by atoms with Crippen molar-refractivity contribution < 1.29 is 8.42 Å². The number of benzene rings is 1. The summed E-state index contributed by atoms with van der Waals surface area (Å²) in [6, 6.07) is 7.26. The first-order chi connectivity index (χ1) is 9.03. The van der Waals surface area contributed by atoms with E-state index in [-0.39, 0.29) is 5.75 Å². The lowest BCUT2D eigenvalue weighted by Crippen LogP contribution is -2.17. The SMILES string of the molecule is CCCS(=O)(=O)c1ccccc1NCC1(CC)CC1. The topological polar surface area (TPSA) is 46.2 Å². The molecule has 4 heteroatoms. The van der Waals surface area contributed by atoms with Crippen LogP contribution in [0.25, 0.3) is 0 Å². The van der Waals surface area contributed by atoms with Crippen LogP contribution in [0.4, 0.5) is 5.69 Å². The quantitative estimate of drug-likeness (QED) is 0.832. The van der Waals surface area contributed by atoms with Gasteiger partial charge in [0.15, 0.2) is 9.84 Å². The Bertz CT molecular complexity index is 533. The van der Waals surface area contributed by atoms with Gasteiger partial charge in [-0.15, -0.1) is 0 Å². The average molecular weight is 281 g/mol. The molecule has 2 rings (SSSR count). The van der Waals surface area contributed by atoms with Crippen LogP contribution in [0, 0.1) is 5.41 Å². The van der Waals surface area contributed by atoms with E-state index in [0.29, 0.717) is 16.7 Å². The summed E-state index contributed by atoms with van der Waals surface area (Å²) in [7, 11) is -3.16. The minimum absolute atomic E-state index is 0.213. The lowest BCUT2D eigenvalue weighted by Gasteiger charge is -2.17. The molecular weight excluding hydrogens is 258 g/mol. The highest BCUT2D eigenvalue weighted by atomic mass is 32.2. The second-order valence-corrected chi connectivity index (χ2v) is 7.60. The number of sulfone groups is 1. The molecule has 3 nitrogen and oxygen atoms in total. The van der Waals surface area contributed by atoms with E-state index in [4.69, 9.17) is 0 Å². The lowest BCUT2D eigenvalue weighted by molar-refractivity contribution is 0.521. The first kappa shape index (κ1) is 14.4. The van der Waals surface area contributed by atoms with Crippen molar-refractivity contribution in [3.63, 3.8) is 0 Å². The van der Waals surface area contributed by atoms with Crippen molar-refractivity contribution in [2.45, 2.75) is 44.4 Å². The van der Waals surface area contributed by atoms with Crippen molar-refractivity contribution in [1.29, 1.82) is 0 Å². The fourth-order valence-corrected chi connectivity index (χ4v) is 3.90. The normalized spacial score (nSPS) is 17.2. The number of nitrogens with one attached hydrogen (secondary N) is 1. The molecule has 0 atom stereocenters. The molecule has 1 aromatic rings. The van der Waals surface area contributed by atoms with Gasteiger partial charge in [-0.2, -0.15) is 0 Å². The summed E-state index contributed by atoms with van der Waals surface area (Å²) in [5.41, 5.74) is 1.16. The van der Waals surface area contributed by atoms with Crippen LogP contribution in [-0.2, 0) is 9.84 Å². The fraction of sp³-hybridized carbons (Fsp3) is 0.600. The molecule has 19 heavy (non-hydrogen) atoms. The van der Waals surface area contributed by atoms with Gasteiger partial charge in [-0.3, -0.25) is 0 Å². The molecule has 0 aromatic heterocycles. The maximum atomic E-state index is 12.2. The van der Waals surface area contributed by atoms with Crippen molar-refractivity contribution >= 4 is 15.5 Å². The van der Waals surface area contributed by atoms with Gasteiger partial charge in [0.1, 0.15) is 0 Å². The molecule has 0 bridgehead atoms. The summed E-state index contributed by atoms with van der Waals surface area (Å²) >= 11 is 0. The lowest BCUT2D eigenvalue weighted by atomic mass is 10.0. The van der Waals surface area contributed by atoms with Crippen LogP contribution in [0.5, 0.6) is 0 Å². The zero-order valence-electron chi connectivity index (χ0n) is 11.8. The van der Waals surface area contributed by atoms with Gasteiger partial charge in [-0.05, 0) is 43.2 Å².